The van der Waals surface area contributed by atoms with Crippen LogP contribution in [-0.2, 0) is 0 Å². The number of unbranched alkanes of at least 4 members (excludes halogenated alkanes) is 3. The lowest BCUT2D eigenvalue weighted by Gasteiger charge is -2.08. The van der Waals surface area contributed by atoms with Gasteiger partial charge in [-0.1, -0.05) is 26.2 Å². The zero-order chi connectivity index (χ0) is 14.3. The van der Waals surface area contributed by atoms with Crippen LogP contribution >= 0.6 is 0 Å². The molecule has 1 aromatic carbocycles. The van der Waals surface area contributed by atoms with Gasteiger partial charge in [0.25, 0.3) is 5.69 Å². The van der Waals surface area contributed by atoms with Gasteiger partial charge in [-0.2, -0.15) is 0 Å². The van der Waals surface area contributed by atoms with Crippen molar-refractivity contribution in [1.29, 1.82) is 0 Å². The number of primary amides is 1. The quantitative estimate of drug-likeness (QED) is 0.429. The first-order valence-corrected chi connectivity index (χ1v) is 6.38. The Morgan fingerprint density at radius 2 is 2.11 bits per heavy atom. The predicted octanol–water partition coefficient (Wildman–Crippen LogP) is 2.69. The molecule has 1 aromatic rings. The second kappa shape index (κ2) is 7.35. The maximum atomic E-state index is 11.1. The maximum absolute atomic E-state index is 11.1. The van der Waals surface area contributed by atoms with Crippen molar-refractivity contribution >= 4 is 17.3 Å². The van der Waals surface area contributed by atoms with E-state index >= 15 is 0 Å². The standard InChI is InChI=1S/C13H19N3O3/c1-2-3-4-5-8-15-11-9-10(13(14)17)6-7-12(11)16(18)19/h6-7,9,15H,2-5,8H2,1H3,(H2,14,17). The minimum absolute atomic E-state index is 0.0412. The second-order valence-electron chi connectivity index (χ2n) is 4.34. The van der Waals surface area contributed by atoms with E-state index in [-0.39, 0.29) is 11.3 Å². The normalized spacial score (nSPS) is 10.2. The molecule has 0 bridgehead atoms. The Morgan fingerprint density at radius 3 is 2.68 bits per heavy atom. The molecule has 1 rings (SSSR count). The second-order valence-corrected chi connectivity index (χ2v) is 4.34. The van der Waals surface area contributed by atoms with Crippen molar-refractivity contribution in [3.8, 4) is 0 Å². The fourth-order valence-electron chi connectivity index (χ4n) is 1.76. The summed E-state index contributed by atoms with van der Waals surface area (Å²) in [5.41, 5.74) is 5.74. The fourth-order valence-corrected chi connectivity index (χ4v) is 1.76. The van der Waals surface area contributed by atoms with Crippen LogP contribution in [0.15, 0.2) is 18.2 Å². The number of benzene rings is 1. The highest BCUT2D eigenvalue weighted by molar-refractivity contribution is 5.94. The van der Waals surface area contributed by atoms with Crippen LogP contribution < -0.4 is 11.1 Å². The summed E-state index contributed by atoms with van der Waals surface area (Å²) >= 11 is 0. The van der Waals surface area contributed by atoms with Crippen LogP contribution in [0.1, 0.15) is 43.0 Å². The topological polar surface area (TPSA) is 98.3 Å². The fraction of sp³-hybridized carbons (Fsp3) is 0.462. The molecule has 0 atom stereocenters. The van der Waals surface area contributed by atoms with Crippen LogP contribution in [0.3, 0.4) is 0 Å². The zero-order valence-electron chi connectivity index (χ0n) is 11.0. The van der Waals surface area contributed by atoms with Crippen molar-refractivity contribution in [1.82, 2.24) is 0 Å². The molecule has 104 valence electrons. The molecule has 0 spiro atoms. The molecule has 6 heteroatoms. The molecule has 6 nitrogen and oxygen atoms in total. The van der Waals surface area contributed by atoms with Crippen LogP contribution in [-0.4, -0.2) is 17.4 Å². The minimum atomic E-state index is -0.594. The molecule has 0 radical (unpaired) electrons. The Kier molecular flexibility index (Phi) is 5.78. The van der Waals surface area contributed by atoms with Gasteiger partial charge in [-0.15, -0.1) is 0 Å². The monoisotopic (exact) mass is 265 g/mol. The average molecular weight is 265 g/mol. The van der Waals surface area contributed by atoms with Gasteiger partial charge in [-0.3, -0.25) is 14.9 Å². The van der Waals surface area contributed by atoms with Gasteiger partial charge in [0.2, 0.25) is 5.91 Å². The van der Waals surface area contributed by atoms with E-state index in [4.69, 9.17) is 5.73 Å². The Balaban J connectivity index is 2.74. The van der Waals surface area contributed by atoms with Crippen LogP contribution in [0.2, 0.25) is 0 Å². The van der Waals surface area contributed by atoms with Crippen molar-refractivity contribution in [3.05, 3.63) is 33.9 Å². The average Bonchev–Trinajstić information content (AvgIpc) is 2.38. The number of carbonyl (C=O) groups excluding carboxylic acids is 1. The Morgan fingerprint density at radius 1 is 1.37 bits per heavy atom. The summed E-state index contributed by atoms with van der Waals surface area (Å²) in [5.74, 6) is -0.594. The number of anilines is 1. The van der Waals surface area contributed by atoms with Gasteiger partial charge in [-0.25, -0.2) is 0 Å². The lowest BCUT2D eigenvalue weighted by Crippen LogP contribution is -2.12. The Hall–Kier alpha value is -2.11. The first-order valence-electron chi connectivity index (χ1n) is 6.38. The van der Waals surface area contributed by atoms with Crippen LogP contribution in [0.5, 0.6) is 0 Å². The molecule has 3 N–H and O–H groups in total. The highest BCUT2D eigenvalue weighted by Crippen LogP contribution is 2.25. The lowest BCUT2D eigenvalue weighted by atomic mass is 10.1. The highest BCUT2D eigenvalue weighted by atomic mass is 16.6. The zero-order valence-corrected chi connectivity index (χ0v) is 11.0. The number of nitrogens with one attached hydrogen (secondary N) is 1. The number of hydrogen-bond acceptors (Lipinski definition) is 4. The van der Waals surface area contributed by atoms with E-state index in [9.17, 15) is 14.9 Å². The van der Waals surface area contributed by atoms with E-state index in [1.165, 1.54) is 18.2 Å². The number of amides is 1. The number of nitro benzene ring substituents is 1. The number of nitrogens with two attached hydrogens (primary N) is 1. The van der Waals surface area contributed by atoms with Gasteiger partial charge in [0.15, 0.2) is 0 Å². The molecule has 1 amide bonds. The first kappa shape index (κ1) is 14.9. The van der Waals surface area contributed by atoms with E-state index in [1.54, 1.807) is 0 Å². The summed E-state index contributed by atoms with van der Waals surface area (Å²) in [7, 11) is 0. The predicted molar refractivity (Wildman–Crippen MR) is 74.2 cm³/mol. The molecule has 0 saturated heterocycles. The maximum Gasteiger partial charge on any atom is 0.292 e. The van der Waals surface area contributed by atoms with Crippen LogP contribution in [0.4, 0.5) is 11.4 Å². The molecule has 0 aliphatic carbocycles. The van der Waals surface area contributed by atoms with E-state index in [1.807, 2.05) is 0 Å². The molecule has 0 aliphatic heterocycles. The molecule has 0 aromatic heterocycles. The lowest BCUT2D eigenvalue weighted by molar-refractivity contribution is -0.384. The summed E-state index contributed by atoms with van der Waals surface area (Å²) in [6, 6.07) is 4.09. The summed E-state index contributed by atoms with van der Waals surface area (Å²) in [5, 5.41) is 13.9. The highest BCUT2D eigenvalue weighted by Gasteiger charge is 2.15. The van der Waals surface area contributed by atoms with Crippen LogP contribution in [0.25, 0.3) is 0 Å². The van der Waals surface area contributed by atoms with E-state index < -0.39 is 10.8 Å². The number of hydrogen-bond donors (Lipinski definition) is 2. The number of nitrogens with zero attached hydrogens (tertiary/aromatic N) is 1. The van der Waals surface area contributed by atoms with Crippen molar-refractivity contribution < 1.29 is 9.72 Å². The molecular weight excluding hydrogens is 246 g/mol. The van der Waals surface area contributed by atoms with Crippen molar-refractivity contribution in [2.24, 2.45) is 5.73 Å². The van der Waals surface area contributed by atoms with Gasteiger partial charge in [0.05, 0.1) is 4.92 Å². The summed E-state index contributed by atoms with van der Waals surface area (Å²) in [6.45, 7) is 2.76. The summed E-state index contributed by atoms with van der Waals surface area (Å²) in [4.78, 5) is 21.5. The van der Waals surface area contributed by atoms with Gasteiger partial charge < -0.3 is 11.1 Å². The third kappa shape index (κ3) is 4.57. The molecule has 0 unspecified atom stereocenters. The van der Waals surface area contributed by atoms with Gasteiger partial charge in [-0.05, 0) is 18.6 Å². The molecule has 0 aliphatic rings. The van der Waals surface area contributed by atoms with Crippen molar-refractivity contribution in [2.75, 3.05) is 11.9 Å². The molecule has 19 heavy (non-hydrogen) atoms. The van der Waals surface area contributed by atoms with E-state index in [0.29, 0.717) is 12.2 Å². The minimum Gasteiger partial charge on any atom is -0.379 e. The van der Waals surface area contributed by atoms with E-state index in [2.05, 4.69) is 12.2 Å². The number of rotatable bonds is 8. The number of carbonyl (C=O) groups is 1. The van der Waals surface area contributed by atoms with Crippen LogP contribution in [0, 0.1) is 10.1 Å². The smallest absolute Gasteiger partial charge is 0.292 e. The Bertz CT molecular complexity index is 460. The summed E-state index contributed by atoms with van der Waals surface area (Å²) in [6.07, 6.45) is 4.29. The van der Waals surface area contributed by atoms with Crippen molar-refractivity contribution in [2.45, 2.75) is 32.6 Å². The molecule has 0 heterocycles. The molecule has 0 fully saturated rings. The summed E-state index contributed by atoms with van der Waals surface area (Å²) < 4.78 is 0. The van der Waals surface area contributed by atoms with Gasteiger partial charge in [0, 0.05) is 18.2 Å². The van der Waals surface area contributed by atoms with E-state index in [0.717, 1.165) is 25.7 Å². The number of nitro groups is 1. The third-order valence-electron chi connectivity index (χ3n) is 2.82. The largest absolute Gasteiger partial charge is 0.379 e. The van der Waals surface area contributed by atoms with Crippen molar-refractivity contribution in [3.63, 3.8) is 0 Å². The van der Waals surface area contributed by atoms with Gasteiger partial charge >= 0.3 is 0 Å². The third-order valence-corrected chi connectivity index (χ3v) is 2.82. The Labute approximate surface area is 112 Å². The first-order chi connectivity index (χ1) is 9.06. The SMILES string of the molecule is CCCCCCNc1cc(C(N)=O)ccc1[N+](=O)[O-]. The van der Waals surface area contributed by atoms with Gasteiger partial charge in [0.1, 0.15) is 5.69 Å². The molecule has 0 saturated carbocycles. The molecular formula is C13H19N3O3.